The molecule has 1 unspecified atom stereocenters. The van der Waals surface area contributed by atoms with E-state index in [1.54, 1.807) is 42.6 Å². The van der Waals surface area contributed by atoms with Crippen LogP contribution >= 0.6 is 0 Å². The Morgan fingerprint density at radius 3 is 2.07 bits per heavy atom. The van der Waals surface area contributed by atoms with E-state index in [2.05, 4.69) is 4.98 Å². The number of carbonyl (C=O) groups is 4. The van der Waals surface area contributed by atoms with Crippen LogP contribution in [0.15, 0.2) is 72.9 Å². The molecule has 1 aliphatic rings. The number of piperazine rings is 1. The lowest BCUT2D eigenvalue weighted by Crippen LogP contribution is -2.61. The van der Waals surface area contributed by atoms with Crippen LogP contribution in [0.3, 0.4) is 0 Å². The molecule has 1 aromatic heterocycles. The molecule has 220 valence electrons. The van der Waals surface area contributed by atoms with Gasteiger partial charge >= 0.3 is 0 Å². The zero-order valence-corrected chi connectivity index (χ0v) is 23.1. The number of benzene rings is 2. The van der Waals surface area contributed by atoms with Crippen molar-refractivity contribution >= 4 is 23.6 Å². The molecular formula is C31H33F2N5O4. The van der Waals surface area contributed by atoms with Gasteiger partial charge in [-0.25, -0.2) is 8.78 Å². The molecule has 0 aliphatic carbocycles. The number of primary amides is 1. The minimum Gasteiger partial charge on any atom is -0.368 e. The number of pyridine rings is 1. The van der Waals surface area contributed by atoms with E-state index in [4.69, 9.17) is 5.73 Å². The average Bonchev–Trinajstić information content (AvgIpc) is 2.98. The maximum absolute atomic E-state index is 13.7. The van der Waals surface area contributed by atoms with Crippen LogP contribution in [-0.4, -0.2) is 82.1 Å². The predicted molar refractivity (Wildman–Crippen MR) is 151 cm³/mol. The first-order valence-electron chi connectivity index (χ1n) is 13.7. The fourth-order valence-corrected chi connectivity index (χ4v) is 4.90. The second kappa shape index (κ2) is 14.3. The van der Waals surface area contributed by atoms with Gasteiger partial charge in [-0.2, -0.15) is 0 Å². The zero-order valence-electron chi connectivity index (χ0n) is 23.1. The molecule has 4 amide bonds. The monoisotopic (exact) mass is 577 g/mol. The average molecular weight is 578 g/mol. The standard InChI is InChI=1S/C31H33F2N5O4/c32-24-8-4-22(5-9-24)12-16-37-21-30(41)38(18-13-23-6-10-25(33)11-7-23)27(31(37)42)19-29(40)36(20-28(34)39)17-14-26-3-1-2-15-35-26/h1-11,15,27H,12-14,16-21H2,(H2,34,39). The molecule has 2 aromatic carbocycles. The van der Waals surface area contributed by atoms with Gasteiger partial charge in [-0.1, -0.05) is 30.3 Å². The third kappa shape index (κ3) is 8.42. The van der Waals surface area contributed by atoms with Crippen LogP contribution in [-0.2, 0) is 38.4 Å². The lowest BCUT2D eigenvalue weighted by atomic mass is 10.0. The number of nitrogens with two attached hydrogens (primary N) is 1. The van der Waals surface area contributed by atoms with Gasteiger partial charge in [0.2, 0.25) is 23.6 Å². The SMILES string of the molecule is NC(=O)CN(CCc1ccccn1)C(=O)CC1C(=O)N(CCc2ccc(F)cc2)CC(=O)N1CCc1ccc(F)cc1. The molecule has 9 nitrogen and oxygen atoms in total. The molecule has 42 heavy (non-hydrogen) atoms. The molecule has 1 fully saturated rings. The van der Waals surface area contributed by atoms with Crippen molar-refractivity contribution in [2.24, 2.45) is 5.73 Å². The summed E-state index contributed by atoms with van der Waals surface area (Å²) in [4.78, 5) is 60.7. The van der Waals surface area contributed by atoms with Crippen LogP contribution in [0, 0.1) is 11.6 Å². The second-order valence-electron chi connectivity index (χ2n) is 10.2. The van der Waals surface area contributed by atoms with Crippen LogP contribution in [0.25, 0.3) is 0 Å². The van der Waals surface area contributed by atoms with Crippen molar-refractivity contribution in [1.29, 1.82) is 0 Å². The minimum absolute atomic E-state index is 0.143. The van der Waals surface area contributed by atoms with Gasteiger partial charge in [-0.3, -0.25) is 24.2 Å². The Hall–Kier alpha value is -4.67. The first-order valence-corrected chi connectivity index (χ1v) is 13.7. The third-order valence-corrected chi connectivity index (χ3v) is 7.19. The molecule has 0 radical (unpaired) electrons. The molecule has 1 aliphatic heterocycles. The predicted octanol–water partition coefficient (Wildman–Crippen LogP) is 2.13. The lowest BCUT2D eigenvalue weighted by molar-refractivity contribution is -0.158. The highest BCUT2D eigenvalue weighted by Crippen LogP contribution is 2.19. The summed E-state index contributed by atoms with van der Waals surface area (Å²) in [5.74, 6) is -2.69. The fraction of sp³-hybridized carbons (Fsp3) is 0.323. The zero-order chi connectivity index (χ0) is 30.1. The van der Waals surface area contributed by atoms with Crippen LogP contribution in [0.4, 0.5) is 8.78 Å². The molecule has 2 heterocycles. The van der Waals surface area contributed by atoms with E-state index in [9.17, 15) is 28.0 Å². The highest BCUT2D eigenvalue weighted by molar-refractivity contribution is 5.98. The van der Waals surface area contributed by atoms with Crippen LogP contribution < -0.4 is 5.73 Å². The van der Waals surface area contributed by atoms with Crippen molar-refractivity contribution in [1.82, 2.24) is 19.7 Å². The van der Waals surface area contributed by atoms with E-state index in [1.807, 2.05) is 6.07 Å². The quantitative estimate of drug-likeness (QED) is 0.334. The summed E-state index contributed by atoms with van der Waals surface area (Å²) in [6.45, 7) is -0.0121. The molecule has 1 saturated heterocycles. The van der Waals surface area contributed by atoms with Crippen molar-refractivity contribution in [2.45, 2.75) is 31.7 Å². The van der Waals surface area contributed by atoms with E-state index >= 15 is 0 Å². The highest BCUT2D eigenvalue weighted by Gasteiger charge is 2.40. The van der Waals surface area contributed by atoms with Crippen LogP contribution in [0.1, 0.15) is 23.2 Å². The molecular weight excluding hydrogens is 544 g/mol. The lowest BCUT2D eigenvalue weighted by Gasteiger charge is -2.40. The van der Waals surface area contributed by atoms with Crippen molar-refractivity contribution in [3.63, 3.8) is 0 Å². The maximum Gasteiger partial charge on any atom is 0.246 e. The van der Waals surface area contributed by atoms with Crippen molar-refractivity contribution in [3.8, 4) is 0 Å². The van der Waals surface area contributed by atoms with Gasteiger partial charge in [0.05, 0.1) is 19.5 Å². The number of halogens is 2. The van der Waals surface area contributed by atoms with Crippen LogP contribution in [0.2, 0.25) is 0 Å². The number of amides is 4. The topological polar surface area (TPSA) is 117 Å². The van der Waals surface area contributed by atoms with E-state index < -0.39 is 23.8 Å². The molecule has 0 bridgehead atoms. The normalized spacial score (nSPS) is 15.1. The van der Waals surface area contributed by atoms with Gasteiger partial charge in [0.25, 0.3) is 0 Å². The van der Waals surface area contributed by atoms with Gasteiger partial charge in [0.15, 0.2) is 0 Å². The molecule has 3 aromatic rings. The van der Waals surface area contributed by atoms with Crippen LogP contribution in [0.5, 0.6) is 0 Å². The fourth-order valence-electron chi connectivity index (χ4n) is 4.90. The van der Waals surface area contributed by atoms with E-state index in [1.165, 1.54) is 39.0 Å². The largest absolute Gasteiger partial charge is 0.368 e. The van der Waals surface area contributed by atoms with Gasteiger partial charge in [0.1, 0.15) is 17.7 Å². The van der Waals surface area contributed by atoms with Crippen molar-refractivity contribution in [3.05, 3.63) is 101 Å². The minimum atomic E-state index is -1.10. The Morgan fingerprint density at radius 1 is 0.881 bits per heavy atom. The summed E-state index contributed by atoms with van der Waals surface area (Å²) in [5, 5.41) is 0. The van der Waals surface area contributed by atoms with Gasteiger partial charge in [-0.15, -0.1) is 0 Å². The highest BCUT2D eigenvalue weighted by atomic mass is 19.1. The molecule has 11 heteroatoms. The molecule has 0 saturated carbocycles. The number of carbonyl (C=O) groups excluding carboxylic acids is 4. The summed E-state index contributed by atoms with van der Waals surface area (Å²) >= 11 is 0. The summed E-state index contributed by atoms with van der Waals surface area (Å²) in [5.41, 5.74) is 7.71. The second-order valence-corrected chi connectivity index (χ2v) is 10.2. The Bertz CT molecular complexity index is 1390. The molecule has 0 spiro atoms. The number of hydrogen-bond donors (Lipinski definition) is 1. The summed E-state index contributed by atoms with van der Waals surface area (Å²) in [6.07, 6.45) is 2.41. The van der Waals surface area contributed by atoms with Crippen molar-refractivity contribution in [2.75, 3.05) is 32.7 Å². The smallest absolute Gasteiger partial charge is 0.246 e. The molecule has 1 atom stereocenters. The van der Waals surface area contributed by atoms with Crippen molar-refractivity contribution < 1.29 is 28.0 Å². The third-order valence-electron chi connectivity index (χ3n) is 7.19. The Balaban J connectivity index is 1.51. The van der Waals surface area contributed by atoms with E-state index in [-0.39, 0.29) is 56.7 Å². The molecule has 4 rings (SSSR count). The Morgan fingerprint density at radius 2 is 1.50 bits per heavy atom. The maximum atomic E-state index is 13.7. The van der Waals surface area contributed by atoms with Gasteiger partial charge in [-0.05, 0) is 60.4 Å². The van der Waals surface area contributed by atoms with E-state index in [0.29, 0.717) is 19.3 Å². The van der Waals surface area contributed by atoms with E-state index in [0.717, 1.165) is 16.8 Å². The number of hydrogen-bond acceptors (Lipinski definition) is 5. The number of nitrogens with zero attached hydrogens (tertiary/aromatic N) is 4. The summed E-state index contributed by atoms with van der Waals surface area (Å²) < 4.78 is 26.7. The Kier molecular flexibility index (Phi) is 10.3. The van der Waals surface area contributed by atoms with Gasteiger partial charge in [0, 0.05) is 37.9 Å². The number of rotatable bonds is 13. The molecule has 2 N–H and O–H groups in total. The summed E-state index contributed by atoms with van der Waals surface area (Å²) in [6, 6.07) is 16.0. The number of aromatic nitrogens is 1. The van der Waals surface area contributed by atoms with Gasteiger partial charge < -0.3 is 20.4 Å². The Labute approximate surface area is 242 Å². The first kappa shape index (κ1) is 30.3. The first-order chi connectivity index (χ1) is 20.2. The summed E-state index contributed by atoms with van der Waals surface area (Å²) in [7, 11) is 0.